The molecule has 0 fully saturated rings. The van der Waals surface area contributed by atoms with Gasteiger partial charge in [0.2, 0.25) is 15.9 Å². The Kier molecular flexibility index (Phi) is 6.79. The van der Waals surface area contributed by atoms with E-state index in [2.05, 4.69) is 10.6 Å². The molecular weight excluding hydrogens is 429 g/mol. The maximum absolute atomic E-state index is 13.6. The monoisotopic (exact) mass is 451 g/mol. The third kappa shape index (κ3) is 5.00. The molecule has 7 nitrogen and oxygen atoms in total. The van der Waals surface area contributed by atoms with E-state index in [9.17, 15) is 22.4 Å². The van der Waals surface area contributed by atoms with E-state index in [1.807, 2.05) is 0 Å². The van der Waals surface area contributed by atoms with Crippen molar-refractivity contribution in [2.24, 2.45) is 0 Å². The number of nitrogens with one attached hydrogen (secondary N) is 2. The van der Waals surface area contributed by atoms with E-state index in [-0.39, 0.29) is 28.9 Å². The van der Waals surface area contributed by atoms with Gasteiger partial charge in [0.05, 0.1) is 17.5 Å². The van der Waals surface area contributed by atoms with Gasteiger partial charge in [0, 0.05) is 30.3 Å². The first kappa shape index (κ1) is 22.3. The van der Waals surface area contributed by atoms with Crippen LogP contribution >= 0.6 is 11.8 Å². The van der Waals surface area contributed by atoms with Gasteiger partial charge >= 0.3 is 0 Å². The smallest absolute Gasteiger partial charge is 0.251 e. The van der Waals surface area contributed by atoms with E-state index in [1.54, 1.807) is 17.8 Å². The number of nitrogens with zero attached hydrogens (tertiary/aromatic N) is 1. The maximum atomic E-state index is 13.6. The fraction of sp³-hybridized carbons (Fsp3) is 0.300. The molecule has 0 aromatic heterocycles. The van der Waals surface area contributed by atoms with Crippen LogP contribution in [0, 0.1) is 5.82 Å². The summed E-state index contributed by atoms with van der Waals surface area (Å²) < 4.78 is 39.1. The zero-order valence-electron chi connectivity index (χ0n) is 16.5. The van der Waals surface area contributed by atoms with Gasteiger partial charge in [-0.1, -0.05) is 6.07 Å². The van der Waals surface area contributed by atoms with Gasteiger partial charge in [-0.05, 0) is 48.4 Å². The van der Waals surface area contributed by atoms with Gasteiger partial charge in [0.15, 0.2) is 0 Å². The maximum Gasteiger partial charge on any atom is 0.251 e. The first-order valence-electron chi connectivity index (χ1n) is 9.21. The number of carbonyl (C=O) groups excluding carboxylic acids is 2. The molecule has 2 aromatic carbocycles. The number of carbonyl (C=O) groups is 2. The fourth-order valence-corrected chi connectivity index (χ4v) is 5.09. The molecule has 1 aliphatic rings. The second-order valence-corrected chi connectivity index (χ2v) is 10.2. The van der Waals surface area contributed by atoms with E-state index in [1.165, 1.54) is 50.5 Å². The predicted molar refractivity (Wildman–Crippen MR) is 112 cm³/mol. The summed E-state index contributed by atoms with van der Waals surface area (Å²) in [4.78, 5) is 25.6. The van der Waals surface area contributed by atoms with Gasteiger partial charge in [0.1, 0.15) is 5.82 Å². The Bertz CT molecular complexity index is 1070. The van der Waals surface area contributed by atoms with Crippen molar-refractivity contribution in [2.45, 2.75) is 22.3 Å². The Morgan fingerprint density at radius 1 is 1.20 bits per heavy atom. The summed E-state index contributed by atoms with van der Waals surface area (Å²) in [7, 11) is -0.868. The van der Waals surface area contributed by atoms with Crippen molar-refractivity contribution in [3.8, 4) is 0 Å². The van der Waals surface area contributed by atoms with E-state index in [0.29, 0.717) is 6.42 Å². The summed E-state index contributed by atoms with van der Waals surface area (Å²) in [6.07, 6.45) is 0.658. The third-order valence-corrected chi connectivity index (χ3v) is 7.56. The third-order valence-electron chi connectivity index (χ3n) is 4.63. The van der Waals surface area contributed by atoms with E-state index in [0.717, 1.165) is 20.5 Å². The zero-order chi connectivity index (χ0) is 21.9. The van der Waals surface area contributed by atoms with Crippen molar-refractivity contribution in [2.75, 3.05) is 26.4 Å². The van der Waals surface area contributed by atoms with Crippen LogP contribution in [0.25, 0.3) is 0 Å². The second kappa shape index (κ2) is 9.15. The summed E-state index contributed by atoms with van der Waals surface area (Å²) >= 11 is 1.61. The van der Waals surface area contributed by atoms with Crippen LogP contribution in [0.15, 0.2) is 52.3 Å². The molecule has 30 heavy (non-hydrogen) atoms. The Morgan fingerprint density at radius 3 is 2.70 bits per heavy atom. The van der Waals surface area contributed by atoms with Gasteiger partial charge in [-0.3, -0.25) is 9.59 Å². The Balaban J connectivity index is 1.62. The summed E-state index contributed by atoms with van der Waals surface area (Å²) in [5.41, 5.74) is 0.861. The minimum Gasteiger partial charge on any atom is -0.348 e. The van der Waals surface area contributed by atoms with Gasteiger partial charge < -0.3 is 10.6 Å². The second-order valence-electron chi connectivity index (χ2n) is 6.94. The van der Waals surface area contributed by atoms with Crippen LogP contribution in [0.2, 0.25) is 0 Å². The molecule has 2 aromatic rings. The number of benzene rings is 2. The van der Waals surface area contributed by atoms with Gasteiger partial charge in [-0.15, -0.1) is 11.8 Å². The molecule has 10 heteroatoms. The number of rotatable bonds is 6. The SMILES string of the molecule is CN(C)S(=O)(=O)c1cccc(C(=O)NCC(=O)N[C@@H]2CCSc3ccc(F)cc32)c1. The van der Waals surface area contributed by atoms with Crippen LogP contribution in [0.3, 0.4) is 0 Å². The summed E-state index contributed by atoms with van der Waals surface area (Å²) in [6.45, 7) is -0.280. The minimum atomic E-state index is -3.67. The molecule has 1 aliphatic heterocycles. The van der Waals surface area contributed by atoms with Crippen molar-refractivity contribution in [1.82, 2.24) is 14.9 Å². The van der Waals surface area contributed by atoms with Crippen LogP contribution in [0.5, 0.6) is 0 Å². The Morgan fingerprint density at radius 2 is 1.97 bits per heavy atom. The molecule has 3 rings (SSSR count). The number of sulfonamides is 1. The van der Waals surface area contributed by atoms with Gasteiger partial charge in [-0.25, -0.2) is 17.1 Å². The lowest BCUT2D eigenvalue weighted by atomic mass is 10.0. The molecule has 160 valence electrons. The largest absolute Gasteiger partial charge is 0.348 e. The minimum absolute atomic E-state index is 0.0112. The molecule has 2 amide bonds. The quantitative estimate of drug-likeness (QED) is 0.702. The highest BCUT2D eigenvalue weighted by atomic mass is 32.2. The predicted octanol–water partition coefficient (Wildman–Crippen LogP) is 2.16. The number of fused-ring (bicyclic) bond motifs is 1. The molecule has 0 radical (unpaired) electrons. The van der Waals surface area contributed by atoms with Crippen molar-refractivity contribution in [1.29, 1.82) is 0 Å². The van der Waals surface area contributed by atoms with Crippen LogP contribution in [0.1, 0.15) is 28.4 Å². The standard InChI is InChI=1S/C20H22FN3O4S2/c1-24(2)30(27,28)15-5-3-4-13(10-15)20(26)22-12-19(25)23-17-8-9-29-18-7-6-14(21)11-16(17)18/h3-7,10-11,17H,8-9,12H2,1-2H3,(H,22,26)(H,23,25)/t17-/m1/s1. The lowest BCUT2D eigenvalue weighted by Gasteiger charge is -2.26. The number of hydrogen-bond acceptors (Lipinski definition) is 5. The first-order valence-corrected chi connectivity index (χ1v) is 11.6. The number of halogens is 1. The van der Waals surface area contributed by atoms with E-state index < -0.39 is 21.8 Å². The Labute approximate surface area is 179 Å². The zero-order valence-corrected chi connectivity index (χ0v) is 18.1. The van der Waals surface area contributed by atoms with Crippen LogP contribution in [0.4, 0.5) is 4.39 Å². The van der Waals surface area contributed by atoms with Gasteiger partial charge in [-0.2, -0.15) is 0 Å². The van der Waals surface area contributed by atoms with Crippen molar-refractivity contribution in [3.63, 3.8) is 0 Å². The molecule has 0 saturated heterocycles. The molecular formula is C20H22FN3O4S2. The summed E-state index contributed by atoms with van der Waals surface area (Å²) in [5, 5.41) is 5.32. The van der Waals surface area contributed by atoms with Crippen molar-refractivity contribution in [3.05, 3.63) is 59.4 Å². The number of thioether (sulfide) groups is 1. The highest BCUT2D eigenvalue weighted by Crippen LogP contribution is 2.36. The lowest BCUT2D eigenvalue weighted by Crippen LogP contribution is -2.39. The van der Waals surface area contributed by atoms with Gasteiger partial charge in [0.25, 0.3) is 5.91 Å². The molecule has 2 N–H and O–H groups in total. The summed E-state index contributed by atoms with van der Waals surface area (Å²) in [6, 6.07) is 9.79. The van der Waals surface area contributed by atoms with E-state index in [4.69, 9.17) is 0 Å². The molecule has 1 heterocycles. The average Bonchev–Trinajstić information content (AvgIpc) is 2.72. The first-order chi connectivity index (χ1) is 14.2. The van der Waals surface area contributed by atoms with Crippen LogP contribution in [-0.2, 0) is 14.8 Å². The topological polar surface area (TPSA) is 95.6 Å². The highest BCUT2D eigenvalue weighted by molar-refractivity contribution is 7.99. The molecule has 0 spiro atoms. The summed E-state index contributed by atoms with van der Waals surface area (Å²) in [5.74, 6) is -0.543. The average molecular weight is 452 g/mol. The lowest BCUT2D eigenvalue weighted by molar-refractivity contribution is -0.120. The van der Waals surface area contributed by atoms with Crippen LogP contribution < -0.4 is 10.6 Å². The van der Waals surface area contributed by atoms with Crippen molar-refractivity contribution >= 4 is 33.6 Å². The van der Waals surface area contributed by atoms with Crippen molar-refractivity contribution < 1.29 is 22.4 Å². The highest BCUT2D eigenvalue weighted by Gasteiger charge is 2.23. The normalized spacial score (nSPS) is 16.1. The molecule has 0 saturated carbocycles. The molecule has 0 bridgehead atoms. The molecule has 1 atom stereocenters. The Hall–Kier alpha value is -2.43. The fourth-order valence-electron chi connectivity index (χ4n) is 3.03. The van der Waals surface area contributed by atoms with E-state index >= 15 is 0 Å². The molecule has 0 unspecified atom stereocenters. The number of hydrogen-bond donors (Lipinski definition) is 2. The van der Waals surface area contributed by atoms with Crippen LogP contribution in [-0.4, -0.2) is 50.9 Å². The molecule has 0 aliphatic carbocycles. The number of amides is 2.